The lowest BCUT2D eigenvalue weighted by Gasteiger charge is -2.35. The largest absolute Gasteiger partial charge is 0.356 e. The quantitative estimate of drug-likeness (QED) is 0.273. The van der Waals surface area contributed by atoms with Crippen LogP contribution >= 0.6 is 24.0 Å². The predicted octanol–water partition coefficient (Wildman–Crippen LogP) is 1.70. The maximum atomic E-state index is 12.4. The van der Waals surface area contributed by atoms with Gasteiger partial charge in [-0.2, -0.15) is 0 Å². The molecule has 146 valence electrons. The van der Waals surface area contributed by atoms with Crippen LogP contribution in [0.25, 0.3) is 0 Å². The van der Waals surface area contributed by atoms with E-state index >= 15 is 0 Å². The highest BCUT2D eigenvalue weighted by molar-refractivity contribution is 14.0. The molecule has 2 rings (SSSR count). The standard InChI is InChI=1S/C18H30N6O.HI/c1-3-4-9-21-18(19-2)22-11-8-17(25)24-14-12-23(13-15-24)16-7-5-6-10-20-16;/h5-7,10H,3-4,8-9,11-15H2,1-2H3,(H2,19,21,22);1H. The van der Waals surface area contributed by atoms with E-state index in [1.54, 1.807) is 13.2 Å². The van der Waals surface area contributed by atoms with Crippen LogP contribution in [0.1, 0.15) is 26.2 Å². The van der Waals surface area contributed by atoms with Crippen LogP contribution in [0.15, 0.2) is 29.4 Å². The molecule has 0 aliphatic carbocycles. The van der Waals surface area contributed by atoms with Crippen LogP contribution in [-0.4, -0.2) is 68.1 Å². The monoisotopic (exact) mass is 474 g/mol. The zero-order valence-corrected chi connectivity index (χ0v) is 18.1. The summed E-state index contributed by atoms with van der Waals surface area (Å²) in [4.78, 5) is 25.1. The summed E-state index contributed by atoms with van der Waals surface area (Å²) in [5, 5.41) is 6.45. The van der Waals surface area contributed by atoms with Gasteiger partial charge in [-0.05, 0) is 18.6 Å². The molecular formula is C18H31IN6O. The van der Waals surface area contributed by atoms with Crippen molar-refractivity contribution in [3.05, 3.63) is 24.4 Å². The number of anilines is 1. The van der Waals surface area contributed by atoms with Gasteiger partial charge in [-0.25, -0.2) is 4.98 Å². The lowest BCUT2D eigenvalue weighted by atomic mass is 10.2. The van der Waals surface area contributed by atoms with Gasteiger partial charge in [0.05, 0.1) is 0 Å². The van der Waals surface area contributed by atoms with Crippen molar-refractivity contribution in [2.45, 2.75) is 26.2 Å². The summed E-state index contributed by atoms with van der Waals surface area (Å²) in [6.45, 7) is 6.82. The molecular weight excluding hydrogens is 443 g/mol. The van der Waals surface area contributed by atoms with Crippen LogP contribution in [0.3, 0.4) is 0 Å². The minimum Gasteiger partial charge on any atom is -0.356 e. The van der Waals surface area contributed by atoms with E-state index in [2.05, 4.69) is 32.4 Å². The molecule has 1 aliphatic heterocycles. The fraction of sp³-hybridized carbons (Fsp3) is 0.611. The summed E-state index contributed by atoms with van der Waals surface area (Å²) in [5.74, 6) is 1.94. The summed E-state index contributed by atoms with van der Waals surface area (Å²) in [7, 11) is 1.75. The number of halogens is 1. The Balaban J connectivity index is 0.00000338. The van der Waals surface area contributed by atoms with Gasteiger partial charge in [-0.3, -0.25) is 9.79 Å². The van der Waals surface area contributed by atoms with Gasteiger partial charge in [0.25, 0.3) is 0 Å². The molecule has 1 amide bonds. The van der Waals surface area contributed by atoms with Crippen molar-refractivity contribution < 1.29 is 4.79 Å². The normalized spacial score (nSPS) is 14.6. The molecule has 1 aliphatic rings. The zero-order valence-electron chi connectivity index (χ0n) is 15.8. The van der Waals surface area contributed by atoms with Gasteiger partial charge in [-0.15, -0.1) is 24.0 Å². The number of amides is 1. The van der Waals surface area contributed by atoms with E-state index in [9.17, 15) is 4.79 Å². The van der Waals surface area contributed by atoms with Gasteiger partial charge in [0, 0.05) is 58.9 Å². The molecule has 0 spiro atoms. The van der Waals surface area contributed by atoms with E-state index in [0.29, 0.717) is 13.0 Å². The highest BCUT2D eigenvalue weighted by Gasteiger charge is 2.21. The third-order valence-corrected chi connectivity index (χ3v) is 4.28. The summed E-state index contributed by atoms with van der Waals surface area (Å²) < 4.78 is 0. The molecule has 7 nitrogen and oxygen atoms in total. The second kappa shape index (κ2) is 12.7. The van der Waals surface area contributed by atoms with Gasteiger partial charge in [0.2, 0.25) is 5.91 Å². The smallest absolute Gasteiger partial charge is 0.224 e. The third-order valence-electron chi connectivity index (χ3n) is 4.28. The number of nitrogens with one attached hydrogen (secondary N) is 2. The summed E-state index contributed by atoms with van der Waals surface area (Å²) in [5.41, 5.74) is 0. The maximum absolute atomic E-state index is 12.4. The minimum absolute atomic E-state index is 0. The predicted molar refractivity (Wildman–Crippen MR) is 117 cm³/mol. The summed E-state index contributed by atoms with van der Waals surface area (Å²) >= 11 is 0. The van der Waals surface area contributed by atoms with Gasteiger partial charge in [0.1, 0.15) is 5.82 Å². The third kappa shape index (κ3) is 7.35. The van der Waals surface area contributed by atoms with Gasteiger partial charge < -0.3 is 20.4 Å². The Morgan fingerprint density at radius 2 is 1.92 bits per heavy atom. The molecule has 1 fully saturated rings. The van der Waals surface area contributed by atoms with E-state index in [-0.39, 0.29) is 29.9 Å². The van der Waals surface area contributed by atoms with Crippen molar-refractivity contribution >= 4 is 41.7 Å². The molecule has 26 heavy (non-hydrogen) atoms. The molecule has 1 aromatic rings. The van der Waals surface area contributed by atoms with E-state index in [0.717, 1.165) is 57.3 Å². The van der Waals surface area contributed by atoms with E-state index in [1.165, 1.54) is 0 Å². The van der Waals surface area contributed by atoms with Gasteiger partial charge >= 0.3 is 0 Å². The first kappa shape index (κ1) is 22.5. The molecule has 2 N–H and O–H groups in total. The van der Waals surface area contributed by atoms with Crippen molar-refractivity contribution in [3.63, 3.8) is 0 Å². The number of carbonyl (C=O) groups is 1. The molecule has 1 aromatic heterocycles. The number of hydrogen-bond donors (Lipinski definition) is 2. The number of hydrogen-bond acceptors (Lipinski definition) is 4. The number of pyridine rings is 1. The Bertz CT molecular complexity index is 546. The Hall–Kier alpha value is -1.58. The van der Waals surface area contributed by atoms with E-state index < -0.39 is 0 Å². The van der Waals surface area contributed by atoms with Crippen LogP contribution < -0.4 is 15.5 Å². The van der Waals surface area contributed by atoms with Crippen LogP contribution in [-0.2, 0) is 4.79 Å². The highest BCUT2D eigenvalue weighted by Crippen LogP contribution is 2.12. The van der Waals surface area contributed by atoms with Crippen molar-refractivity contribution in [1.82, 2.24) is 20.5 Å². The number of carbonyl (C=O) groups excluding carboxylic acids is 1. The Kier molecular flexibility index (Phi) is 11.0. The number of aromatic nitrogens is 1. The van der Waals surface area contributed by atoms with Crippen molar-refractivity contribution in [2.75, 3.05) is 51.2 Å². The Morgan fingerprint density at radius 1 is 1.19 bits per heavy atom. The SMILES string of the molecule is CCCCNC(=NC)NCCC(=O)N1CCN(c2ccccn2)CC1.I. The fourth-order valence-corrected chi connectivity index (χ4v) is 2.78. The first-order valence-corrected chi connectivity index (χ1v) is 9.13. The topological polar surface area (TPSA) is 72.9 Å². The summed E-state index contributed by atoms with van der Waals surface area (Å²) in [6.07, 6.45) is 4.55. The molecule has 0 bridgehead atoms. The molecule has 0 aromatic carbocycles. The molecule has 0 saturated carbocycles. The van der Waals surface area contributed by atoms with E-state index in [1.807, 2.05) is 23.1 Å². The minimum atomic E-state index is 0. The molecule has 8 heteroatoms. The van der Waals surface area contributed by atoms with E-state index in [4.69, 9.17) is 0 Å². The lowest BCUT2D eigenvalue weighted by Crippen LogP contribution is -2.49. The molecule has 1 saturated heterocycles. The number of unbranched alkanes of at least 4 members (excludes halogenated alkanes) is 1. The maximum Gasteiger partial charge on any atom is 0.224 e. The molecule has 0 unspecified atom stereocenters. The number of aliphatic imine (C=N–C) groups is 1. The number of nitrogens with zero attached hydrogens (tertiary/aromatic N) is 4. The fourth-order valence-electron chi connectivity index (χ4n) is 2.78. The summed E-state index contributed by atoms with van der Waals surface area (Å²) in [6, 6.07) is 5.92. The highest BCUT2D eigenvalue weighted by atomic mass is 127. The van der Waals surface area contributed by atoms with Crippen LogP contribution in [0.4, 0.5) is 5.82 Å². The average Bonchev–Trinajstić information content (AvgIpc) is 2.67. The second-order valence-electron chi connectivity index (χ2n) is 6.09. The number of rotatable bonds is 7. The number of guanidine groups is 1. The molecule has 2 heterocycles. The van der Waals surface area contributed by atoms with Gasteiger partial charge in [0.15, 0.2) is 5.96 Å². The second-order valence-corrected chi connectivity index (χ2v) is 6.09. The number of piperazine rings is 1. The van der Waals surface area contributed by atoms with Crippen molar-refractivity contribution in [2.24, 2.45) is 4.99 Å². The molecule has 0 atom stereocenters. The first-order chi connectivity index (χ1) is 12.2. The zero-order chi connectivity index (χ0) is 17.9. The van der Waals surface area contributed by atoms with Crippen molar-refractivity contribution in [3.8, 4) is 0 Å². The van der Waals surface area contributed by atoms with Crippen LogP contribution in [0.5, 0.6) is 0 Å². The molecule has 0 radical (unpaired) electrons. The lowest BCUT2D eigenvalue weighted by molar-refractivity contribution is -0.131. The Labute approximate surface area is 173 Å². The van der Waals surface area contributed by atoms with Crippen molar-refractivity contribution in [1.29, 1.82) is 0 Å². The first-order valence-electron chi connectivity index (χ1n) is 9.13. The van der Waals surface area contributed by atoms with Gasteiger partial charge in [-0.1, -0.05) is 19.4 Å². The average molecular weight is 474 g/mol. The van der Waals surface area contributed by atoms with Crippen LogP contribution in [0, 0.1) is 0 Å². The Morgan fingerprint density at radius 3 is 2.54 bits per heavy atom. The van der Waals surface area contributed by atoms with Crippen LogP contribution in [0.2, 0.25) is 0 Å².